The molecule has 0 fully saturated rings. The van der Waals surface area contributed by atoms with Crippen LogP contribution in [-0.2, 0) is 0 Å². The molecule has 17 heavy (non-hydrogen) atoms. The Morgan fingerprint density at radius 3 is 2.76 bits per heavy atom. The first-order valence-electron chi connectivity index (χ1n) is 5.18. The van der Waals surface area contributed by atoms with E-state index < -0.39 is 0 Å². The molecule has 0 saturated heterocycles. The van der Waals surface area contributed by atoms with Crippen LogP contribution in [0.15, 0.2) is 28.3 Å². The molecular weight excluding hydrogens is 256 g/mol. The number of aryl methyl sites for hydroxylation is 1. The smallest absolute Gasteiger partial charge is 0.213 e. The maximum Gasteiger partial charge on any atom is 0.213 e. The summed E-state index contributed by atoms with van der Waals surface area (Å²) in [7, 11) is 0. The first-order valence-corrected chi connectivity index (χ1v) is 6.37. The van der Waals surface area contributed by atoms with Crippen LogP contribution in [0.5, 0.6) is 0 Å². The number of hydrogen-bond donors (Lipinski definition) is 2. The predicted octanol–water partition coefficient (Wildman–Crippen LogP) is 2.94. The van der Waals surface area contributed by atoms with Crippen LogP contribution in [0.1, 0.15) is 24.4 Å². The van der Waals surface area contributed by atoms with Gasteiger partial charge in [0.25, 0.3) is 0 Å². The van der Waals surface area contributed by atoms with Crippen molar-refractivity contribution in [3.63, 3.8) is 0 Å². The van der Waals surface area contributed by atoms with Crippen molar-refractivity contribution in [2.45, 2.75) is 29.9 Å². The number of H-pyrrole nitrogens is 1. The molecule has 4 nitrogen and oxygen atoms in total. The summed E-state index contributed by atoms with van der Waals surface area (Å²) in [5, 5.41) is 8.18. The Morgan fingerprint density at radius 2 is 2.24 bits per heavy atom. The third kappa shape index (κ3) is 3.00. The van der Waals surface area contributed by atoms with Gasteiger partial charge in [0.2, 0.25) is 5.16 Å². The molecule has 6 heteroatoms. The van der Waals surface area contributed by atoms with Crippen LogP contribution in [-0.4, -0.2) is 15.2 Å². The van der Waals surface area contributed by atoms with E-state index in [1.54, 1.807) is 0 Å². The Bertz CT molecular complexity index is 524. The number of nitrogens with zero attached hydrogens (tertiary/aromatic N) is 2. The molecule has 2 aromatic rings. The van der Waals surface area contributed by atoms with Gasteiger partial charge in [0, 0.05) is 10.9 Å². The molecule has 90 valence electrons. The highest BCUT2D eigenvalue weighted by atomic mass is 35.5. The van der Waals surface area contributed by atoms with Crippen LogP contribution in [0.3, 0.4) is 0 Å². The van der Waals surface area contributed by atoms with Crippen molar-refractivity contribution in [2.24, 2.45) is 5.73 Å². The van der Waals surface area contributed by atoms with E-state index in [0.717, 1.165) is 16.3 Å². The van der Waals surface area contributed by atoms with E-state index >= 15 is 0 Å². The summed E-state index contributed by atoms with van der Waals surface area (Å²) in [6, 6.07) is 5.78. The Kier molecular flexibility index (Phi) is 3.71. The van der Waals surface area contributed by atoms with Gasteiger partial charge in [0.05, 0.1) is 5.02 Å². The van der Waals surface area contributed by atoms with E-state index in [2.05, 4.69) is 15.2 Å². The predicted molar refractivity (Wildman–Crippen MR) is 69.3 cm³/mol. The number of benzene rings is 1. The molecule has 2 rings (SSSR count). The third-order valence-corrected chi connectivity index (χ3v) is 3.63. The topological polar surface area (TPSA) is 67.6 Å². The van der Waals surface area contributed by atoms with Gasteiger partial charge in [-0.25, -0.2) is 4.98 Å². The minimum Gasteiger partial charge on any atom is -0.324 e. The van der Waals surface area contributed by atoms with Gasteiger partial charge in [-0.3, -0.25) is 5.10 Å². The number of nitrogens with two attached hydrogens (primary N) is 1. The summed E-state index contributed by atoms with van der Waals surface area (Å²) in [6.45, 7) is 3.79. The highest BCUT2D eigenvalue weighted by molar-refractivity contribution is 7.99. The van der Waals surface area contributed by atoms with Gasteiger partial charge in [-0.15, -0.1) is 5.10 Å². The first kappa shape index (κ1) is 12.4. The lowest BCUT2D eigenvalue weighted by molar-refractivity contribution is 0.817. The average molecular weight is 269 g/mol. The molecule has 0 unspecified atom stereocenters. The fraction of sp³-hybridized carbons (Fsp3) is 0.273. The minimum absolute atomic E-state index is 0.0164. The second-order valence-electron chi connectivity index (χ2n) is 3.78. The molecule has 0 aliphatic rings. The monoisotopic (exact) mass is 268 g/mol. The number of nitrogens with one attached hydrogen (secondary N) is 1. The lowest BCUT2D eigenvalue weighted by atomic mass is 10.1. The summed E-state index contributed by atoms with van der Waals surface area (Å²) in [5.41, 5.74) is 6.81. The van der Waals surface area contributed by atoms with Crippen LogP contribution < -0.4 is 5.73 Å². The third-order valence-electron chi connectivity index (χ3n) is 2.26. The second kappa shape index (κ2) is 5.08. The van der Waals surface area contributed by atoms with E-state index in [1.165, 1.54) is 11.8 Å². The van der Waals surface area contributed by atoms with E-state index in [0.29, 0.717) is 10.2 Å². The molecule has 0 saturated carbocycles. The molecule has 0 radical (unpaired) electrons. The van der Waals surface area contributed by atoms with Crippen molar-refractivity contribution in [3.8, 4) is 0 Å². The second-order valence-corrected chi connectivity index (χ2v) is 5.20. The maximum absolute atomic E-state index is 6.19. The molecular formula is C11H13ClN4S. The summed E-state index contributed by atoms with van der Waals surface area (Å²) in [5.74, 6) is 0.788. The van der Waals surface area contributed by atoms with Gasteiger partial charge < -0.3 is 5.73 Å². The van der Waals surface area contributed by atoms with Gasteiger partial charge in [-0.1, -0.05) is 17.7 Å². The van der Waals surface area contributed by atoms with E-state index in [-0.39, 0.29) is 6.04 Å². The number of halogens is 1. The largest absolute Gasteiger partial charge is 0.324 e. The van der Waals surface area contributed by atoms with Crippen molar-refractivity contribution >= 4 is 23.4 Å². The highest BCUT2D eigenvalue weighted by Crippen LogP contribution is 2.32. The van der Waals surface area contributed by atoms with Gasteiger partial charge in [0.1, 0.15) is 5.82 Å². The molecule has 1 atom stereocenters. The number of aromatic amines is 1. The van der Waals surface area contributed by atoms with Crippen molar-refractivity contribution in [1.82, 2.24) is 15.2 Å². The fourth-order valence-corrected chi connectivity index (χ4v) is 2.42. The number of hydrogen-bond acceptors (Lipinski definition) is 4. The van der Waals surface area contributed by atoms with Gasteiger partial charge in [0.15, 0.2) is 0 Å². The van der Waals surface area contributed by atoms with E-state index in [1.807, 2.05) is 32.0 Å². The molecule has 1 aromatic carbocycles. The minimum atomic E-state index is -0.0164. The number of rotatable bonds is 3. The van der Waals surface area contributed by atoms with Gasteiger partial charge >= 0.3 is 0 Å². The zero-order valence-corrected chi connectivity index (χ0v) is 11.1. The normalized spacial score (nSPS) is 12.7. The van der Waals surface area contributed by atoms with Crippen LogP contribution in [0.25, 0.3) is 0 Å². The van der Waals surface area contributed by atoms with Gasteiger partial charge in [-0.2, -0.15) is 0 Å². The van der Waals surface area contributed by atoms with E-state index in [4.69, 9.17) is 17.3 Å². The van der Waals surface area contributed by atoms with Crippen LogP contribution in [0.2, 0.25) is 5.02 Å². The zero-order chi connectivity index (χ0) is 12.4. The van der Waals surface area contributed by atoms with Crippen LogP contribution in [0, 0.1) is 6.92 Å². The Labute approximate surface area is 109 Å². The van der Waals surface area contributed by atoms with Gasteiger partial charge in [-0.05, 0) is 43.3 Å². The standard InChI is InChI=1S/C11H13ClN4S/c1-6(13)8-3-4-10(9(12)5-8)17-11-14-7(2)15-16-11/h3-6H,13H2,1-2H3,(H,14,15,16)/t6-/m1/s1. The molecule has 0 bridgehead atoms. The van der Waals surface area contributed by atoms with Crippen molar-refractivity contribution in [2.75, 3.05) is 0 Å². The Balaban J connectivity index is 2.22. The first-order chi connectivity index (χ1) is 8.06. The maximum atomic E-state index is 6.19. The SMILES string of the molecule is Cc1nc(Sc2ccc([C@@H](C)N)cc2Cl)n[nH]1. The molecule has 0 spiro atoms. The quantitative estimate of drug-likeness (QED) is 0.898. The highest BCUT2D eigenvalue weighted by Gasteiger charge is 2.08. The van der Waals surface area contributed by atoms with Crippen molar-refractivity contribution in [3.05, 3.63) is 34.6 Å². The molecule has 0 amide bonds. The van der Waals surface area contributed by atoms with Crippen molar-refractivity contribution in [1.29, 1.82) is 0 Å². The molecule has 1 heterocycles. The summed E-state index contributed by atoms with van der Waals surface area (Å²) in [4.78, 5) is 5.14. The zero-order valence-electron chi connectivity index (χ0n) is 9.57. The summed E-state index contributed by atoms with van der Waals surface area (Å²) in [6.07, 6.45) is 0. The summed E-state index contributed by atoms with van der Waals surface area (Å²) >= 11 is 7.62. The Morgan fingerprint density at radius 1 is 1.47 bits per heavy atom. The van der Waals surface area contributed by atoms with Crippen LogP contribution in [0.4, 0.5) is 0 Å². The lowest BCUT2D eigenvalue weighted by Crippen LogP contribution is -2.04. The summed E-state index contributed by atoms with van der Waals surface area (Å²) < 4.78 is 0. The van der Waals surface area contributed by atoms with Crippen molar-refractivity contribution < 1.29 is 0 Å². The molecule has 0 aliphatic heterocycles. The van der Waals surface area contributed by atoms with E-state index in [9.17, 15) is 0 Å². The Hall–Kier alpha value is -1.04. The fourth-order valence-electron chi connectivity index (χ4n) is 1.35. The van der Waals surface area contributed by atoms with Crippen LogP contribution >= 0.6 is 23.4 Å². The average Bonchev–Trinajstić information content (AvgIpc) is 2.67. The molecule has 0 aliphatic carbocycles. The molecule has 1 aromatic heterocycles. The number of aromatic nitrogens is 3. The molecule has 3 N–H and O–H groups in total. The lowest BCUT2D eigenvalue weighted by Gasteiger charge is -2.08.